The average Bonchev–Trinajstić information content (AvgIpc) is 3.02. The number of nitrogens with two attached hydrogens (primary N) is 1. The third-order valence-corrected chi connectivity index (χ3v) is 5.36. The number of fused-ring (bicyclic) bond motifs is 3. The van der Waals surface area contributed by atoms with Crippen molar-refractivity contribution in [3.63, 3.8) is 0 Å². The summed E-state index contributed by atoms with van der Waals surface area (Å²) >= 11 is 0. The molecule has 0 aliphatic heterocycles. The first-order valence-electron chi connectivity index (χ1n) is 9.77. The summed E-state index contributed by atoms with van der Waals surface area (Å²) in [5.41, 5.74) is 9.72. The third-order valence-electron chi connectivity index (χ3n) is 5.36. The summed E-state index contributed by atoms with van der Waals surface area (Å²) in [4.78, 5) is 12.0. The van der Waals surface area contributed by atoms with Crippen LogP contribution >= 0.6 is 0 Å². The maximum Gasteiger partial charge on any atom is 0.249 e. The zero-order chi connectivity index (χ0) is 20.5. The highest BCUT2D eigenvalue weighted by Gasteiger charge is 2.17. The van der Waals surface area contributed by atoms with Crippen molar-refractivity contribution in [3.8, 4) is 0 Å². The van der Waals surface area contributed by atoms with E-state index >= 15 is 0 Å². The molecular weight excluding hydrogens is 370 g/mol. The van der Waals surface area contributed by atoms with E-state index in [4.69, 9.17) is 5.73 Å². The topological polar surface area (TPSA) is 48.0 Å². The standard InChI is InChI=1S/C24H22F2N2O/c1-2-3-5-15-8-10-17-22(13-15)28(14-16-9-11-19(25)20(26)12-16)21-7-4-6-18(23(17)21)24(27)29/h4,6-13H,2-3,5,14H2,1H3,(H2,27,29). The van der Waals surface area contributed by atoms with Crippen LogP contribution in [-0.2, 0) is 13.0 Å². The van der Waals surface area contributed by atoms with Crippen molar-refractivity contribution < 1.29 is 13.6 Å². The number of aryl methyl sites for hydroxylation is 1. The van der Waals surface area contributed by atoms with E-state index in [0.717, 1.165) is 47.1 Å². The zero-order valence-electron chi connectivity index (χ0n) is 16.2. The van der Waals surface area contributed by atoms with Gasteiger partial charge in [-0.15, -0.1) is 0 Å². The highest BCUT2D eigenvalue weighted by molar-refractivity contribution is 6.17. The molecule has 4 rings (SSSR count). The molecule has 148 valence electrons. The van der Waals surface area contributed by atoms with Gasteiger partial charge in [0.25, 0.3) is 0 Å². The SMILES string of the molecule is CCCCc1ccc2c3c(C(N)=O)cccc3n(Cc3ccc(F)c(F)c3)c2c1. The molecule has 3 aromatic carbocycles. The second-order valence-corrected chi connectivity index (χ2v) is 7.35. The highest BCUT2D eigenvalue weighted by atomic mass is 19.2. The minimum absolute atomic E-state index is 0.358. The van der Waals surface area contributed by atoms with E-state index in [1.54, 1.807) is 18.2 Å². The second-order valence-electron chi connectivity index (χ2n) is 7.35. The molecule has 0 spiro atoms. The van der Waals surface area contributed by atoms with Crippen LogP contribution in [0.5, 0.6) is 0 Å². The molecule has 0 aliphatic carbocycles. The molecule has 0 saturated carbocycles. The smallest absolute Gasteiger partial charge is 0.249 e. The molecule has 1 aromatic heterocycles. The molecule has 29 heavy (non-hydrogen) atoms. The van der Waals surface area contributed by atoms with Gasteiger partial charge in [-0.2, -0.15) is 0 Å². The summed E-state index contributed by atoms with van der Waals surface area (Å²) in [6, 6.07) is 15.6. The lowest BCUT2D eigenvalue weighted by Crippen LogP contribution is -2.11. The lowest BCUT2D eigenvalue weighted by atomic mass is 10.0. The van der Waals surface area contributed by atoms with Gasteiger partial charge in [0.2, 0.25) is 5.91 Å². The van der Waals surface area contributed by atoms with Crippen LogP contribution in [0.4, 0.5) is 8.78 Å². The van der Waals surface area contributed by atoms with Crippen LogP contribution in [-0.4, -0.2) is 10.5 Å². The summed E-state index contributed by atoms with van der Waals surface area (Å²) in [6.07, 6.45) is 3.14. The molecule has 3 nitrogen and oxygen atoms in total. The minimum Gasteiger partial charge on any atom is -0.366 e. The molecule has 5 heteroatoms. The molecule has 1 heterocycles. The highest BCUT2D eigenvalue weighted by Crippen LogP contribution is 2.33. The average molecular weight is 392 g/mol. The number of primary amides is 1. The Labute approximate surface area is 167 Å². The van der Waals surface area contributed by atoms with E-state index in [-0.39, 0.29) is 0 Å². The van der Waals surface area contributed by atoms with Crippen molar-refractivity contribution in [2.45, 2.75) is 32.7 Å². The normalized spacial score (nSPS) is 11.4. The largest absolute Gasteiger partial charge is 0.366 e. The van der Waals surface area contributed by atoms with Gasteiger partial charge in [-0.05, 0) is 54.3 Å². The Morgan fingerprint density at radius 1 is 0.966 bits per heavy atom. The van der Waals surface area contributed by atoms with Crippen LogP contribution in [0.2, 0.25) is 0 Å². The lowest BCUT2D eigenvalue weighted by Gasteiger charge is -2.09. The van der Waals surface area contributed by atoms with E-state index < -0.39 is 17.5 Å². The Kier molecular flexibility index (Phi) is 5.05. The number of benzene rings is 3. The van der Waals surface area contributed by atoms with E-state index in [2.05, 4.69) is 19.1 Å². The molecular formula is C24H22F2N2O. The van der Waals surface area contributed by atoms with Crippen LogP contribution < -0.4 is 5.73 Å². The van der Waals surface area contributed by atoms with Gasteiger partial charge in [0.15, 0.2) is 11.6 Å². The Balaban J connectivity index is 1.96. The molecule has 0 unspecified atom stereocenters. The Hall–Kier alpha value is -3.21. The van der Waals surface area contributed by atoms with Crippen molar-refractivity contribution >= 4 is 27.7 Å². The first-order chi connectivity index (χ1) is 14.0. The number of unbranched alkanes of at least 4 members (excludes halogenated alkanes) is 1. The van der Waals surface area contributed by atoms with Gasteiger partial charge >= 0.3 is 0 Å². The van der Waals surface area contributed by atoms with E-state index in [9.17, 15) is 13.6 Å². The number of hydrogen-bond acceptors (Lipinski definition) is 1. The first kappa shape index (κ1) is 19.1. The fourth-order valence-corrected chi connectivity index (χ4v) is 3.92. The van der Waals surface area contributed by atoms with Crippen LogP contribution in [0.15, 0.2) is 54.6 Å². The minimum atomic E-state index is -0.871. The van der Waals surface area contributed by atoms with Gasteiger partial charge < -0.3 is 10.3 Å². The Morgan fingerprint density at radius 2 is 1.76 bits per heavy atom. The molecule has 0 radical (unpaired) electrons. The predicted molar refractivity (Wildman–Crippen MR) is 112 cm³/mol. The summed E-state index contributed by atoms with van der Waals surface area (Å²) in [5, 5.41) is 1.72. The number of rotatable bonds is 6. The quantitative estimate of drug-likeness (QED) is 0.459. The van der Waals surface area contributed by atoms with Crippen LogP contribution in [0, 0.1) is 11.6 Å². The van der Waals surface area contributed by atoms with Crippen molar-refractivity contribution in [2.75, 3.05) is 0 Å². The molecule has 0 saturated heterocycles. The molecule has 0 fully saturated rings. The number of hydrogen-bond donors (Lipinski definition) is 1. The van der Waals surface area contributed by atoms with Crippen LogP contribution in [0.1, 0.15) is 41.3 Å². The van der Waals surface area contributed by atoms with Gasteiger partial charge in [0.1, 0.15) is 0 Å². The maximum absolute atomic E-state index is 13.8. The van der Waals surface area contributed by atoms with Crippen molar-refractivity contribution in [3.05, 3.63) is 82.9 Å². The number of amides is 1. The number of halogens is 2. The van der Waals surface area contributed by atoms with Gasteiger partial charge in [-0.25, -0.2) is 8.78 Å². The number of carbonyl (C=O) groups is 1. The number of carbonyl (C=O) groups excluding carboxylic acids is 1. The van der Waals surface area contributed by atoms with E-state index in [0.29, 0.717) is 17.7 Å². The fourth-order valence-electron chi connectivity index (χ4n) is 3.92. The molecule has 4 aromatic rings. The van der Waals surface area contributed by atoms with Crippen molar-refractivity contribution in [1.29, 1.82) is 0 Å². The number of nitrogens with zero attached hydrogens (tertiary/aromatic N) is 1. The van der Waals surface area contributed by atoms with E-state index in [1.165, 1.54) is 11.6 Å². The van der Waals surface area contributed by atoms with Gasteiger partial charge in [0.05, 0.1) is 5.52 Å². The molecule has 2 N–H and O–H groups in total. The summed E-state index contributed by atoms with van der Waals surface area (Å²) in [5.74, 6) is -2.23. The second kappa shape index (κ2) is 7.66. The molecule has 0 atom stereocenters. The Morgan fingerprint density at radius 3 is 2.48 bits per heavy atom. The van der Waals surface area contributed by atoms with Crippen LogP contribution in [0.25, 0.3) is 21.8 Å². The lowest BCUT2D eigenvalue weighted by molar-refractivity contribution is 0.100. The maximum atomic E-state index is 13.8. The molecule has 0 bridgehead atoms. The summed E-state index contributed by atoms with van der Waals surface area (Å²) in [6.45, 7) is 2.51. The predicted octanol–water partition coefficient (Wildman–Crippen LogP) is 5.56. The van der Waals surface area contributed by atoms with Crippen molar-refractivity contribution in [1.82, 2.24) is 4.57 Å². The van der Waals surface area contributed by atoms with E-state index in [1.807, 2.05) is 16.7 Å². The van der Waals surface area contributed by atoms with Crippen molar-refractivity contribution in [2.24, 2.45) is 5.73 Å². The zero-order valence-corrected chi connectivity index (χ0v) is 16.2. The third kappa shape index (κ3) is 3.48. The first-order valence-corrected chi connectivity index (χ1v) is 9.77. The van der Waals surface area contributed by atoms with Gasteiger partial charge in [-0.3, -0.25) is 4.79 Å². The van der Waals surface area contributed by atoms with Crippen LogP contribution in [0.3, 0.4) is 0 Å². The molecule has 0 aliphatic rings. The summed E-state index contributed by atoms with van der Waals surface area (Å²) in [7, 11) is 0. The Bertz CT molecular complexity index is 1230. The molecule has 1 amide bonds. The summed E-state index contributed by atoms with van der Waals surface area (Å²) < 4.78 is 29.2. The van der Waals surface area contributed by atoms with Gasteiger partial charge in [0, 0.05) is 28.4 Å². The fraction of sp³-hybridized carbons (Fsp3) is 0.208. The number of aromatic nitrogens is 1. The monoisotopic (exact) mass is 392 g/mol. The van der Waals surface area contributed by atoms with Gasteiger partial charge in [-0.1, -0.05) is 37.6 Å².